The van der Waals surface area contributed by atoms with E-state index in [1.807, 2.05) is 0 Å². The molecule has 0 amide bonds. The standard InChI is InChI=1S/C18H14FN3O3S/c1-12-10-17(25-15-8-6-14(19)7-9-15)21-18(20-12)22-11-13-4-2-3-5-16(13)26(22,23)24/h2-10H,11H2,1H3. The second kappa shape index (κ2) is 6.06. The first-order valence-electron chi connectivity index (χ1n) is 7.83. The highest BCUT2D eigenvalue weighted by atomic mass is 32.2. The smallest absolute Gasteiger partial charge is 0.267 e. The summed E-state index contributed by atoms with van der Waals surface area (Å²) >= 11 is 0. The molecule has 0 saturated carbocycles. The lowest BCUT2D eigenvalue weighted by atomic mass is 10.2. The lowest BCUT2D eigenvalue weighted by Gasteiger charge is -2.16. The summed E-state index contributed by atoms with van der Waals surface area (Å²) in [6, 6.07) is 13.9. The lowest BCUT2D eigenvalue weighted by molar-refractivity contribution is 0.459. The first-order valence-corrected chi connectivity index (χ1v) is 9.27. The van der Waals surface area contributed by atoms with Crippen LogP contribution in [0.15, 0.2) is 59.5 Å². The van der Waals surface area contributed by atoms with E-state index < -0.39 is 10.0 Å². The molecule has 26 heavy (non-hydrogen) atoms. The fraction of sp³-hybridized carbons (Fsp3) is 0.111. The summed E-state index contributed by atoms with van der Waals surface area (Å²) in [6.07, 6.45) is 0. The lowest BCUT2D eigenvalue weighted by Crippen LogP contribution is -2.26. The number of anilines is 1. The first-order chi connectivity index (χ1) is 12.4. The van der Waals surface area contributed by atoms with Gasteiger partial charge in [-0.3, -0.25) is 0 Å². The Morgan fingerprint density at radius 1 is 1.08 bits per heavy atom. The number of rotatable bonds is 3. The molecule has 0 bridgehead atoms. The highest BCUT2D eigenvalue weighted by molar-refractivity contribution is 7.93. The summed E-state index contributed by atoms with van der Waals surface area (Å²) in [5.41, 5.74) is 1.25. The molecule has 8 heteroatoms. The number of ether oxygens (including phenoxy) is 1. The highest BCUT2D eigenvalue weighted by Gasteiger charge is 2.36. The van der Waals surface area contributed by atoms with Crippen LogP contribution in [0.25, 0.3) is 0 Å². The molecule has 132 valence electrons. The van der Waals surface area contributed by atoms with Gasteiger partial charge < -0.3 is 4.74 Å². The second-order valence-corrected chi connectivity index (χ2v) is 7.65. The summed E-state index contributed by atoms with van der Waals surface area (Å²) < 4.78 is 45.3. The van der Waals surface area contributed by atoms with Crippen molar-refractivity contribution >= 4 is 16.0 Å². The molecule has 0 aliphatic carbocycles. The summed E-state index contributed by atoms with van der Waals surface area (Å²) in [4.78, 5) is 8.73. The van der Waals surface area contributed by atoms with Crippen LogP contribution in [-0.2, 0) is 16.6 Å². The average Bonchev–Trinajstić information content (AvgIpc) is 2.88. The summed E-state index contributed by atoms with van der Waals surface area (Å²) in [5, 5.41) is 0. The molecule has 0 spiro atoms. The van der Waals surface area contributed by atoms with Gasteiger partial charge in [-0.1, -0.05) is 18.2 Å². The zero-order chi connectivity index (χ0) is 18.3. The average molecular weight is 371 g/mol. The Kier molecular flexibility index (Phi) is 3.84. The number of nitrogens with zero attached hydrogens (tertiary/aromatic N) is 3. The molecule has 0 atom stereocenters. The SMILES string of the molecule is Cc1cc(Oc2ccc(F)cc2)nc(N2Cc3ccccc3S2(=O)=O)n1. The quantitative estimate of drug-likeness (QED) is 0.705. The van der Waals surface area contributed by atoms with Gasteiger partial charge in [0.05, 0.1) is 11.4 Å². The maximum Gasteiger partial charge on any atom is 0.267 e. The number of aryl methyl sites for hydroxylation is 1. The van der Waals surface area contributed by atoms with Gasteiger partial charge in [0.2, 0.25) is 11.8 Å². The molecule has 0 radical (unpaired) electrons. The van der Waals surface area contributed by atoms with E-state index in [0.717, 1.165) is 4.31 Å². The minimum atomic E-state index is -3.71. The van der Waals surface area contributed by atoms with E-state index >= 15 is 0 Å². The van der Waals surface area contributed by atoms with Crippen molar-refractivity contribution in [3.63, 3.8) is 0 Å². The van der Waals surface area contributed by atoms with Crippen molar-refractivity contribution in [2.24, 2.45) is 0 Å². The Labute approximate surface area is 150 Å². The topological polar surface area (TPSA) is 72.4 Å². The third kappa shape index (κ3) is 2.88. The molecule has 0 N–H and O–H groups in total. The third-order valence-electron chi connectivity index (χ3n) is 3.93. The molecule has 2 aromatic carbocycles. The number of halogens is 1. The van der Waals surface area contributed by atoms with Crippen molar-refractivity contribution in [3.05, 3.63) is 71.7 Å². The molecular weight excluding hydrogens is 357 g/mol. The van der Waals surface area contributed by atoms with Crippen molar-refractivity contribution in [3.8, 4) is 11.6 Å². The molecule has 1 aliphatic rings. The van der Waals surface area contributed by atoms with Crippen molar-refractivity contribution in [1.82, 2.24) is 9.97 Å². The fourth-order valence-electron chi connectivity index (χ4n) is 2.73. The van der Waals surface area contributed by atoms with Crippen LogP contribution in [0.1, 0.15) is 11.3 Å². The van der Waals surface area contributed by atoms with Crippen molar-refractivity contribution in [1.29, 1.82) is 0 Å². The fourth-order valence-corrected chi connectivity index (χ4v) is 4.29. The highest BCUT2D eigenvalue weighted by Crippen LogP contribution is 2.33. The minimum Gasteiger partial charge on any atom is -0.439 e. The Balaban J connectivity index is 1.70. The van der Waals surface area contributed by atoms with Crippen LogP contribution in [0.4, 0.5) is 10.3 Å². The van der Waals surface area contributed by atoms with Gasteiger partial charge in [0.25, 0.3) is 10.0 Å². The predicted molar refractivity (Wildman–Crippen MR) is 93.1 cm³/mol. The van der Waals surface area contributed by atoms with Crippen LogP contribution in [0.5, 0.6) is 11.6 Å². The van der Waals surface area contributed by atoms with E-state index in [1.165, 1.54) is 24.3 Å². The first kappa shape index (κ1) is 16.5. The second-order valence-electron chi connectivity index (χ2n) is 5.82. The van der Waals surface area contributed by atoms with E-state index in [-0.39, 0.29) is 29.1 Å². The van der Waals surface area contributed by atoms with Gasteiger partial charge >= 0.3 is 0 Å². The molecule has 0 saturated heterocycles. The van der Waals surface area contributed by atoms with E-state index in [0.29, 0.717) is 17.0 Å². The molecular formula is C18H14FN3O3S. The molecule has 1 aromatic heterocycles. The predicted octanol–water partition coefficient (Wildman–Crippen LogP) is 3.43. The van der Waals surface area contributed by atoms with Gasteiger partial charge in [0, 0.05) is 11.8 Å². The molecule has 3 aromatic rings. The van der Waals surface area contributed by atoms with Crippen molar-refractivity contribution in [2.45, 2.75) is 18.4 Å². The van der Waals surface area contributed by atoms with E-state index in [1.54, 1.807) is 37.3 Å². The van der Waals surface area contributed by atoms with Crippen LogP contribution in [0.3, 0.4) is 0 Å². The molecule has 4 rings (SSSR count). The van der Waals surface area contributed by atoms with Gasteiger partial charge in [-0.15, -0.1) is 0 Å². The number of aromatic nitrogens is 2. The Morgan fingerprint density at radius 2 is 1.81 bits per heavy atom. The normalized spacial score (nSPS) is 14.9. The van der Waals surface area contributed by atoms with Crippen LogP contribution < -0.4 is 9.04 Å². The summed E-state index contributed by atoms with van der Waals surface area (Å²) in [5.74, 6) is 0.240. The van der Waals surface area contributed by atoms with Crippen LogP contribution in [-0.4, -0.2) is 18.4 Å². The van der Waals surface area contributed by atoms with Crippen LogP contribution in [0.2, 0.25) is 0 Å². The van der Waals surface area contributed by atoms with Gasteiger partial charge in [0.15, 0.2) is 0 Å². The number of hydrogen-bond acceptors (Lipinski definition) is 5. The van der Waals surface area contributed by atoms with E-state index in [9.17, 15) is 12.8 Å². The van der Waals surface area contributed by atoms with Gasteiger partial charge in [-0.2, -0.15) is 4.98 Å². The number of sulfonamides is 1. The minimum absolute atomic E-state index is 0.0401. The molecule has 6 nitrogen and oxygen atoms in total. The zero-order valence-corrected chi connectivity index (χ0v) is 14.6. The monoisotopic (exact) mass is 371 g/mol. The van der Waals surface area contributed by atoms with Crippen LogP contribution in [0, 0.1) is 12.7 Å². The van der Waals surface area contributed by atoms with Crippen LogP contribution >= 0.6 is 0 Å². The molecule has 2 heterocycles. The van der Waals surface area contributed by atoms with Gasteiger partial charge in [0.1, 0.15) is 11.6 Å². The number of benzene rings is 2. The Bertz CT molecular complexity index is 1090. The summed E-state index contributed by atoms with van der Waals surface area (Å²) in [7, 11) is -3.71. The Morgan fingerprint density at radius 3 is 2.54 bits per heavy atom. The summed E-state index contributed by atoms with van der Waals surface area (Å²) in [6.45, 7) is 1.89. The third-order valence-corrected chi connectivity index (χ3v) is 5.76. The zero-order valence-electron chi connectivity index (χ0n) is 13.8. The van der Waals surface area contributed by atoms with Gasteiger partial charge in [-0.25, -0.2) is 22.1 Å². The Hall–Kier alpha value is -3.00. The van der Waals surface area contributed by atoms with Crippen molar-refractivity contribution in [2.75, 3.05) is 4.31 Å². The van der Waals surface area contributed by atoms with E-state index in [2.05, 4.69) is 9.97 Å². The maximum atomic E-state index is 13.0. The van der Waals surface area contributed by atoms with Gasteiger partial charge in [-0.05, 0) is 42.8 Å². The molecule has 0 fully saturated rings. The maximum absolute atomic E-state index is 13.0. The van der Waals surface area contributed by atoms with Crippen molar-refractivity contribution < 1.29 is 17.5 Å². The number of hydrogen-bond donors (Lipinski definition) is 0. The molecule has 0 unspecified atom stereocenters. The number of fused-ring (bicyclic) bond motifs is 1. The van der Waals surface area contributed by atoms with E-state index in [4.69, 9.17) is 4.74 Å². The molecule has 1 aliphatic heterocycles. The largest absolute Gasteiger partial charge is 0.439 e.